The molecular formula is C18BF18N3O3. The molecule has 6 nitrogen and oxygen atoms in total. The van der Waals surface area contributed by atoms with Crippen LogP contribution in [0, 0.1) is 52.7 Å². The van der Waals surface area contributed by atoms with E-state index >= 15 is 0 Å². The zero-order valence-electron chi connectivity index (χ0n) is 18.9. The van der Waals surface area contributed by atoms with Crippen LogP contribution in [0.25, 0.3) is 0 Å². The zero-order valence-corrected chi connectivity index (χ0v) is 18.9. The fraction of sp³-hybridized carbons (Fsp3) is 0.167. The Balaban J connectivity index is 2.35. The third-order valence-electron chi connectivity index (χ3n) is 4.44. The largest absolute Gasteiger partial charge is 0.864 e. The molecule has 0 fully saturated rings. The van der Waals surface area contributed by atoms with Crippen LogP contribution >= 0.6 is 0 Å². The predicted octanol–water partition coefficient (Wildman–Crippen LogP) is 6.70. The van der Waals surface area contributed by atoms with Crippen LogP contribution in [-0.4, -0.2) is 22.3 Å². The van der Waals surface area contributed by atoms with E-state index in [0.717, 1.165) is 0 Å². The van der Waals surface area contributed by atoms with E-state index in [1.165, 1.54) is 0 Å². The highest BCUT2D eigenvalue weighted by molar-refractivity contribution is 6.39. The van der Waals surface area contributed by atoms with E-state index in [9.17, 15) is 79.0 Å². The van der Waals surface area contributed by atoms with Gasteiger partial charge in [-0.15, -0.1) is 0 Å². The summed E-state index contributed by atoms with van der Waals surface area (Å²) in [6.07, 6.45) is -18.4. The molecule has 0 aliphatic heterocycles. The highest BCUT2D eigenvalue weighted by atomic mass is 19.4. The molecule has 0 bridgehead atoms. The van der Waals surface area contributed by atoms with Crippen molar-refractivity contribution in [3.05, 3.63) is 69.8 Å². The van der Waals surface area contributed by atoms with Gasteiger partial charge < -0.3 is 14.0 Å². The lowest BCUT2D eigenvalue weighted by Gasteiger charge is -2.22. The van der Waals surface area contributed by atoms with Gasteiger partial charge in [-0.25, -0.2) is 15.0 Å². The van der Waals surface area contributed by atoms with Crippen molar-refractivity contribution >= 4 is 7.32 Å². The summed E-state index contributed by atoms with van der Waals surface area (Å²) in [5.74, 6) is -35.6. The molecular weight excluding hydrogens is 659 g/mol. The molecule has 0 N–H and O–H groups in total. The Labute approximate surface area is 222 Å². The van der Waals surface area contributed by atoms with Crippen LogP contribution in [0.4, 0.5) is 79.0 Å². The van der Waals surface area contributed by atoms with Gasteiger partial charge in [0.15, 0.2) is 34.3 Å². The molecule has 0 spiro atoms. The van der Waals surface area contributed by atoms with Gasteiger partial charge in [0.25, 0.3) is 17.8 Å². The van der Waals surface area contributed by atoms with Crippen molar-refractivity contribution < 1.29 is 93.0 Å². The molecule has 0 aliphatic carbocycles. The SMILES string of the molecule is Fc1nc(C(F)(F)F)c(OB(Oc2c(C(F)(F)F)nc(F)c(F)c2F)Oc2c(C(F)(F)F)nc(F)c(F)c2F)c(F)c1F. The van der Waals surface area contributed by atoms with Gasteiger partial charge in [-0.3, -0.25) is 0 Å². The van der Waals surface area contributed by atoms with Crippen molar-refractivity contribution in [1.29, 1.82) is 0 Å². The van der Waals surface area contributed by atoms with Gasteiger partial charge in [0.1, 0.15) is 0 Å². The molecule has 234 valence electrons. The fourth-order valence-electron chi connectivity index (χ4n) is 2.74. The normalized spacial score (nSPS) is 12.4. The van der Waals surface area contributed by atoms with Gasteiger partial charge in [0, 0.05) is 0 Å². The lowest BCUT2D eigenvalue weighted by atomic mass is 10.1. The third kappa shape index (κ3) is 6.52. The maximum absolute atomic E-state index is 14.3. The standard InChI is InChI=1S/C18BF18N3O3/c20-1-4(23)13(26)38-10(16(29,30)31)7(1)41-19(42-8-2(21)5(24)14(27)39-11(8)17(32,33)34)43-9-3(22)6(25)15(28)40-12(9)18(35,36)37. The van der Waals surface area contributed by atoms with E-state index in [4.69, 9.17) is 0 Å². The molecule has 0 amide bonds. The molecule has 0 radical (unpaired) electrons. The van der Waals surface area contributed by atoms with Crippen molar-refractivity contribution in [2.45, 2.75) is 18.5 Å². The van der Waals surface area contributed by atoms with Crippen LogP contribution in [0.5, 0.6) is 17.2 Å². The molecule has 0 aliphatic rings. The molecule has 3 aromatic rings. The maximum Gasteiger partial charge on any atom is 0.864 e. The molecule has 3 aromatic heterocycles. The summed E-state index contributed by atoms with van der Waals surface area (Å²) in [5, 5.41) is 0. The molecule has 25 heteroatoms. The molecule has 0 saturated heterocycles. The Hall–Kier alpha value is -4.35. The molecule has 0 saturated carbocycles. The van der Waals surface area contributed by atoms with Gasteiger partial charge in [0.2, 0.25) is 34.9 Å². The summed E-state index contributed by atoms with van der Waals surface area (Å²) in [6.45, 7) is 0. The van der Waals surface area contributed by atoms with Crippen molar-refractivity contribution in [1.82, 2.24) is 15.0 Å². The summed E-state index contributed by atoms with van der Waals surface area (Å²) < 4.78 is 255. The fourth-order valence-corrected chi connectivity index (χ4v) is 2.74. The first-order valence-electron chi connectivity index (χ1n) is 9.81. The average Bonchev–Trinajstić information content (AvgIpc) is 2.86. The number of nitrogens with zero attached hydrogens (tertiary/aromatic N) is 3. The number of halogens is 18. The Bertz CT molecular complexity index is 1390. The van der Waals surface area contributed by atoms with Crippen LogP contribution in [0.2, 0.25) is 0 Å². The number of aromatic nitrogens is 3. The van der Waals surface area contributed by atoms with Crippen molar-refractivity contribution in [3.63, 3.8) is 0 Å². The summed E-state index contributed by atoms with van der Waals surface area (Å²) in [6, 6.07) is 0. The van der Waals surface area contributed by atoms with Crippen molar-refractivity contribution in [2.75, 3.05) is 0 Å². The van der Waals surface area contributed by atoms with Gasteiger partial charge in [0.05, 0.1) is 0 Å². The number of rotatable bonds is 6. The van der Waals surface area contributed by atoms with E-state index < -0.39 is 113 Å². The molecule has 3 rings (SSSR count). The van der Waals surface area contributed by atoms with Crippen LogP contribution in [0.1, 0.15) is 17.1 Å². The van der Waals surface area contributed by atoms with Crippen LogP contribution in [-0.2, 0) is 18.5 Å². The molecule has 0 unspecified atom stereocenters. The van der Waals surface area contributed by atoms with Gasteiger partial charge in [-0.1, -0.05) is 0 Å². The maximum atomic E-state index is 14.3. The Morgan fingerprint density at radius 3 is 0.767 bits per heavy atom. The van der Waals surface area contributed by atoms with Crippen LogP contribution in [0.15, 0.2) is 0 Å². The first kappa shape index (κ1) is 33.2. The van der Waals surface area contributed by atoms with E-state index in [2.05, 4.69) is 14.0 Å². The minimum atomic E-state index is -6.15. The van der Waals surface area contributed by atoms with Crippen LogP contribution in [0.3, 0.4) is 0 Å². The second-order valence-corrected chi connectivity index (χ2v) is 7.26. The number of hydrogen-bond donors (Lipinski definition) is 0. The predicted molar refractivity (Wildman–Crippen MR) is 95.0 cm³/mol. The first-order chi connectivity index (χ1) is 19.5. The second-order valence-electron chi connectivity index (χ2n) is 7.26. The number of alkyl halides is 9. The first-order valence-corrected chi connectivity index (χ1v) is 9.81. The van der Waals surface area contributed by atoms with E-state index in [1.807, 2.05) is 15.0 Å². The quantitative estimate of drug-likeness (QED) is 0.167. The average molecular weight is 659 g/mol. The molecule has 3 heterocycles. The Morgan fingerprint density at radius 2 is 0.581 bits per heavy atom. The van der Waals surface area contributed by atoms with Gasteiger partial charge >= 0.3 is 25.9 Å². The number of hydrogen-bond acceptors (Lipinski definition) is 6. The molecule has 0 aromatic carbocycles. The van der Waals surface area contributed by atoms with Gasteiger partial charge in [-0.2, -0.15) is 79.0 Å². The lowest BCUT2D eigenvalue weighted by molar-refractivity contribution is -0.143. The van der Waals surface area contributed by atoms with E-state index in [-0.39, 0.29) is 0 Å². The Morgan fingerprint density at radius 1 is 0.372 bits per heavy atom. The van der Waals surface area contributed by atoms with Crippen LogP contribution < -0.4 is 14.0 Å². The second kappa shape index (κ2) is 11.1. The van der Waals surface area contributed by atoms with Crippen molar-refractivity contribution in [3.8, 4) is 17.2 Å². The third-order valence-corrected chi connectivity index (χ3v) is 4.44. The number of pyridine rings is 3. The lowest BCUT2D eigenvalue weighted by Crippen LogP contribution is -2.40. The summed E-state index contributed by atoms with van der Waals surface area (Å²) in [5.41, 5.74) is -9.08. The minimum absolute atomic E-state index is 1.88. The monoisotopic (exact) mass is 659 g/mol. The van der Waals surface area contributed by atoms with Crippen molar-refractivity contribution in [2.24, 2.45) is 0 Å². The summed E-state index contributed by atoms with van der Waals surface area (Å²) in [7, 11) is -4.22. The van der Waals surface area contributed by atoms with Gasteiger partial charge in [-0.05, 0) is 0 Å². The zero-order chi connectivity index (χ0) is 33.0. The highest BCUT2D eigenvalue weighted by Crippen LogP contribution is 2.42. The summed E-state index contributed by atoms with van der Waals surface area (Å²) >= 11 is 0. The highest BCUT2D eigenvalue weighted by Gasteiger charge is 2.49. The smallest absolute Gasteiger partial charge is 0.485 e. The summed E-state index contributed by atoms with van der Waals surface area (Å²) in [4.78, 5) is 5.63. The van der Waals surface area contributed by atoms with E-state index in [0.29, 0.717) is 0 Å². The van der Waals surface area contributed by atoms with E-state index in [1.54, 1.807) is 0 Å². The Kier molecular flexibility index (Phi) is 8.52. The minimum Gasteiger partial charge on any atom is -0.485 e. The molecule has 43 heavy (non-hydrogen) atoms. The topological polar surface area (TPSA) is 66.4 Å². The molecule has 0 atom stereocenters.